The zero-order valence-electron chi connectivity index (χ0n) is 11.5. The van der Waals surface area contributed by atoms with Crippen molar-refractivity contribution in [2.75, 3.05) is 13.1 Å². The van der Waals surface area contributed by atoms with E-state index >= 15 is 0 Å². The Morgan fingerprint density at radius 2 is 2.06 bits per heavy atom. The van der Waals surface area contributed by atoms with Gasteiger partial charge in [-0.3, -0.25) is 4.90 Å². The predicted molar refractivity (Wildman–Crippen MR) is 72.4 cm³/mol. The molecule has 3 heteroatoms. The van der Waals surface area contributed by atoms with Crippen LogP contribution in [0.3, 0.4) is 0 Å². The molecule has 100 valence electrons. The van der Waals surface area contributed by atoms with Crippen LogP contribution in [0.2, 0.25) is 0 Å². The molecule has 18 heavy (non-hydrogen) atoms. The first-order chi connectivity index (χ1) is 8.57. The van der Waals surface area contributed by atoms with Crippen LogP contribution < -0.4 is 5.32 Å². The second-order valence-electron chi connectivity index (χ2n) is 6.72. The van der Waals surface area contributed by atoms with E-state index in [4.69, 9.17) is 4.42 Å². The van der Waals surface area contributed by atoms with Crippen LogP contribution in [0.1, 0.15) is 45.3 Å². The van der Waals surface area contributed by atoms with E-state index in [1.165, 1.54) is 25.7 Å². The molecule has 0 unspecified atom stereocenters. The Morgan fingerprint density at radius 3 is 2.72 bits per heavy atom. The topological polar surface area (TPSA) is 28.4 Å². The fourth-order valence-electron chi connectivity index (χ4n) is 3.91. The normalized spacial score (nSPS) is 26.8. The molecule has 1 aromatic rings. The van der Waals surface area contributed by atoms with Gasteiger partial charge in [0, 0.05) is 24.2 Å². The Kier molecular flexibility index (Phi) is 2.99. The van der Waals surface area contributed by atoms with Crippen LogP contribution in [0.4, 0.5) is 0 Å². The highest BCUT2D eigenvalue weighted by molar-refractivity contribution is 5.07. The molecule has 2 heterocycles. The van der Waals surface area contributed by atoms with Gasteiger partial charge >= 0.3 is 0 Å². The van der Waals surface area contributed by atoms with Gasteiger partial charge in [0.05, 0.1) is 12.8 Å². The molecule has 1 aliphatic heterocycles. The number of piperazine rings is 1. The maximum Gasteiger partial charge on any atom is 0.117 e. The molecule has 1 saturated carbocycles. The molecular formula is C15H24N2O. The van der Waals surface area contributed by atoms with E-state index in [2.05, 4.69) is 30.1 Å². The monoisotopic (exact) mass is 248 g/mol. The predicted octanol–water partition coefficient (Wildman–Crippen LogP) is 2.78. The summed E-state index contributed by atoms with van der Waals surface area (Å²) in [7, 11) is 0. The molecule has 1 saturated heterocycles. The zero-order chi connectivity index (χ0) is 12.6. The lowest BCUT2D eigenvalue weighted by Crippen LogP contribution is -2.67. The first kappa shape index (κ1) is 12.2. The minimum Gasteiger partial charge on any atom is -0.468 e. The van der Waals surface area contributed by atoms with Crippen molar-refractivity contribution < 1.29 is 4.42 Å². The number of nitrogens with zero attached hydrogens (tertiary/aromatic N) is 1. The summed E-state index contributed by atoms with van der Waals surface area (Å²) >= 11 is 0. The van der Waals surface area contributed by atoms with E-state index in [1.807, 2.05) is 6.07 Å². The molecule has 1 N–H and O–H groups in total. The van der Waals surface area contributed by atoms with E-state index < -0.39 is 0 Å². The van der Waals surface area contributed by atoms with Gasteiger partial charge in [0.15, 0.2) is 0 Å². The van der Waals surface area contributed by atoms with E-state index in [9.17, 15) is 0 Å². The van der Waals surface area contributed by atoms with Crippen LogP contribution in [0.25, 0.3) is 0 Å². The van der Waals surface area contributed by atoms with E-state index in [1.54, 1.807) is 6.26 Å². The van der Waals surface area contributed by atoms with Crippen molar-refractivity contribution in [3.63, 3.8) is 0 Å². The van der Waals surface area contributed by atoms with Gasteiger partial charge in [-0.2, -0.15) is 0 Å². The molecule has 3 nitrogen and oxygen atoms in total. The van der Waals surface area contributed by atoms with Crippen molar-refractivity contribution in [3.8, 4) is 0 Å². The zero-order valence-corrected chi connectivity index (χ0v) is 11.5. The first-order valence-electron chi connectivity index (χ1n) is 7.11. The minimum absolute atomic E-state index is 0.204. The molecule has 3 rings (SSSR count). The summed E-state index contributed by atoms with van der Waals surface area (Å²) in [6.45, 7) is 7.84. The standard InChI is InChI=1S/C15H24N2O/c1-14(2)11-17(10-13-6-5-9-18-13)12-15(16-14)7-3-4-8-15/h5-6,9,16H,3-4,7-8,10-12H2,1-2H3. The van der Waals surface area contributed by atoms with Crippen molar-refractivity contribution in [2.45, 2.75) is 57.2 Å². The molecule has 0 radical (unpaired) electrons. The molecule has 0 bridgehead atoms. The third-order valence-corrected chi connectivity index (χ3v) is 4.27. The second-order valence-corrected chi connectivity index (χ2v) is 6.72. The van der Waals surface area contributed by atoms with Crippen LogP contribution in [0.5, 0.6) is 0 Å². The van der Waals surface area contributed by atoms with Gasteiger partial charge in [-0.25, -0.2) is 0 Å². The Hall–Kier alpha value is -0.800. The number of rotatable bonds is 2. The molecule has 2 aliphatic rings. The van der Waals surface area contributed by atoms with Gasteiger partial charge in [-0.1, -0.05) is 12.8 Å². The number of hydrogen-bond donors (Lipinski definition) is 1. The lowest BCUT2D eigenvalue weighted by molar-refractivity contribution is 0.0530. The Balaban J connectivity index is 1.74. The van der Waals surface area contributed by atoms with Gasteiger partial charge < -0.3 is 9.73 Å². The molecule has 1 spiro atoms. The molecule has 1 aromatic heterocycles. The SMILES string of the molecule is CC1(C)CN(Cc2ccco2)CC2(CCCC2)N1. The molecule has 0 atom stereocenters. The quantitative estimate of drug-likeness (QED) is 0.872. The Bertz CT molecular complexity index is 391. The van der Waals surface area contributed by atoms with E-state index in [0.29, 0.717) is 5.54 Å². The largest absolute Gasteiger partial charge is 0.468 e. The highest BCUT2D eigenvalue weighted by Crippen LogP contribution is 2.35. The Morgan fingerprint density at radius 1 is 1.28 bits per heavy atom. The summed E-state index contributed by atoms with van der Waals surface area (Å²) in [5.41, 5.74) is 0.559. The number of hydrogen-bond acceptors (Lipinski definition) is 3. The molecule has 0 amide bonds. The summed E-state index contributed by atoms with van der Waals surface area (Å²) in [4.78, 5) is 2.56. The van der Waals surface area contributed by atoms with Gasteiger partial charge in [0.1, 0.15) is 5.76 Å². The fourth-order valence-corrected chi connectivity index (χ4v) is 3.91. The van der Waals surface area contributed by atoms with Crippen molar-refractivity contribution in [1.82, 2.24) is 10.2 Å². The first-order valence-corrected chi connectivity index (χ1v) is 7.11. The van der Waals surface area contributed by atoms with Crippen LogP contribution in [-0.2, 0) is 6.54 Å². The average Bonchev–Trinajstić information content (AvgIpc) is 2.88. The van der Waals surface area contributed by atoms with Gasteiger partial charge in [-0.05, 0) is 38.8 Å². The highest BCUT2D eigenvalue weighted by Gasteiger charge is 2.44. The Labute approximate surface area is 110 Å². The number of furan rings is 1. The van der Waals surface area contributed by atoms with Crippen molar-refractivity contribution in [2.24, 2.45) is 0 Å². The summed E-state index contributed by atoms with van der Waals surface area (Å²) in [6, 6.07) is 4.06. The smallest absolute Gasteiger partial charge is 0.117 e. The maximum absolute atomic E-state index is 5.49. The third-order valence-electron chi connectivity index (χ3n) is 4.27. The van der Waals surface area contributed by atoms with Gasteiger partial charge in [0.25, 0.3) is 0 Å². The van der Waals surface area contributed by atoms with Crippen LogP contribution in [0, 0.1) is 0 Å². The summed E-state index contributed by atoms with van der Waals surface area (Å²) in [6.07, 6.45) is 7.17. The summed E-state index contributed by atoms with van der Waals surface area (Å²) in [5, 5.41) is 3.91. The van der Waals surface area contributed by atoms with Crippen molar-refractivity contribution in [3.05, 3.63) is 24.2 Å². The third kappa shape index (κ3) is 2.47. The lowest BCUT2D eigenvalue weighted by atomic mass is 9.87. The van der Waals surface area contributed by atoms with E-state index in [-0.39, 0.29) is 5.54 Å². The van der Waals surface area contributed by atoms with Crippen LogP contribution >= 0.6 is 0 Å². The molecule has 0 aromatic carbocycles. The molecule has 2 fully saturated rings. The summed E-state index contributed by atoms with van der Waals surface area (Å²) < 4.78 is 5.49. The van der Waals surface area contributed by atoms with Crippen LogP contribution in [0.15, 0.2) is 22.8 Å². The lowest BCUT2D eigenvalue weighted by Gasteiger charge is -2.49. The van der Waals surface area contributed by atoms with Gasteiger partial charge in [0.2, 0.25) is 0 Å². The highest BCUT2D eigenvalue weighted by atomic mass is 16.3. The van der Waals surface area contributed by atoms with Crippen molar-refractivity contribution in [1.29, 1.82) is 0 Å². The fraction of sp³-hybridized carbons (Fsp3) is 0.733. The summed E-state index contributed by atoms with van der Waals surface area (Å²) in [5.74, 6) is 1.08. The van der Waals surface area contributed by atoms with E-state index in [0.717, 1.165) is 25.4 Å². The average molecular weight is 248 g/mol. The van der Waals surface area contributed by atoms with Crippen molar-refractivity contribution >= 4 is 0 Å². The maximum atomic E-state index is 5.49. The number of nitrogens with one attached hydrogen (secondary N) is 1. The minimum atomic E-state index is 0.204. The van der Waals surface area contributed by atoms with Gasteiger partial charge in [-0.15, -0.1) is 0 Å². The molecular weight excluding hydrogens is 224 g/mol. The molecule has 1 aliphatic carbocycles. The second kappa shape index (κ2) is 4.39. The van der Waals surface area contributed by atoms with Crippen LogP contribution in [-0.4, -0.2) is 29.1 Å².